The Morgan fingerprint density at radius 2 is 1.92 bits per heavy atom. The molecule has 1 amide bonds. The van der Waals surface area contributed by atoms with Gasteiger partial charge in [-0.1, -0.05) is 0 Å². The van der Waals surface area contributed by atoms with Crippen LogP contribution in [0.2, 0.25) is 0 Å². The SMILES string of the molecule is O=C1NCc2cc(-n3cc(-c4ccncc4)c4cncnc43)ccc21. The van der Waals surface area contributed by atoms with Crippen LogP contribution in [-0.2, 0) is 6.54 Å². The molecular formula is C19H13N5O. The molecule has 1 aliphatic rings. The van der Waals surface area contributed by atoms with Crippen molar-refractivity contribution in [1.29, 1.82) is 0 Å². The molecule has 0 aliphatic carbocycles. The van der Waals surface area contributed by atoms with Crippen LogP contribution in [0.1, 0.15) is 15.9 Å². The van der Waals surface area contributed by atoms with E-state index in [1.54, 1.807) is 18.7 Å². The first-order valence-electron chi connectivity index (χ1n) is 7.94. The molecular weight excluding hydrogens is 314 g/mol. The summed E-state index contributed by atoms with van der Waals surface area (Å²) in [7, 11) is 0. The largest absolute Gasteiger partial charge is 0.348 e. The van der Waals surface area contributed by atoms with Gasteiger partial charge in [-0.2, -0.15) is 0 Å². The zero-order valence-electron chi connectivity index (χ0n) is 13.2. The lowest BCUT2D eigenvalue weighted by molar-refractivity contribution is 0.0966. The van der Waals surface area contributed by atoms with Crippen molar-refractivity contribution < 1.29 is 4.79 Å². The van der Waals surface area contributed by atoms with E-state index in [1.807, 2.05) is 41.1 Å². The predicted molar refractivity (Wildman–Crippen MR) is 93.3 cm³/mol. The summed E-state index contributed by atoms with van der Waals surface area (Å²) in [6, 6.07) is 9.79. The topological polar surface area (TPSA) is 72.7 Å². The van der Waals surface area contributed by atoms with Crippen molar-refractivity contribution in [2.45, 2.75) is 6.54 Å². The summed E-state index contributed by atoms with van der Waals surface area (Å²) in [5.74, 6) is -0.0151. The number of hydrogen-bond donors (Lipinski definition) is 1. The molecule has 6 heteroatoms. The maximum Gasteiger partial charge on any atom is 0.251 e. The fourth-order valence-electron chi connectivity index (χ4n) is 3.29. The van der Waals surface area contributed by atoms with Gasteiger partial charge >= 0.3 is 0 Å². The Morgan fingerprint density at radius 1 is 1.04 bits per heavy atom. The van der Waals surface area contributed by atoms with Gasteiger partial charge in [0.15, 0.2) is 0 Å². The van der Waals surface area contributed by atoms with Crippen molar-refractivity contribution in [3.63, 3.8) is 0 Å². The van der Waals surface area contributed by atoms with Gasteiger partial charge in [0.1, 0.15) is 12.0 Å². The van der Waals surface area contributed by atoms with E-state index in [0.29, 0.717) is 6.54 Å². The lowest BCUT2D eigenvalue weighted by atomic mass is 10.1. The summed E-state index contributed by atoms with van der Waals surface area (Å²) >= 11 is 0. The number of pyridine rings is 1. The van der Waals surface area contributed by atoms with Gasteiger partial charge in [-0.05, 0) is 41.5 Å². The second kappa shape index (κ2) is 5.24. The lowest BCUT2D eigenvalue weighted by Crippen LogP contribution is -2.12. The highest BCUT2D eigenvalue weighted by atomic mass is 16.1. The molecule has 120 valence electrons. The van der Waals surface area contributed by atoms with Crippen molar-refractivity contribution in [2.24, 2.45) is 0 Å². The monoisotopic (exact) mass is 327 g/mol. The van der Waals surface area contributed by atoms with Gasteiger partial charge in [0.2, 0.25) is 0 Å². The van der Waals surface area contributed by atoms with E-state index in [-0.39, 0.29) is 5.91 Å². The number of nitrogens with zero attached hydrogens (tertiary/aromatic N) is 4. The van der Waals surface area contributed by atoms with Crippen molar-refractivity contribution in [3.05, 3.63) is 72.6 Å². The van der Waals surface area contributed by atoms with Crippen LogP contribution in [0.25, 0.3) is 27.8 Å². The van der Waals surface area contributed by atoms with Crippen molar-refractivity contribution in [1.82, 2.24) is 24.8 Å². The third-order valence-electron chi connectivity index (χ3n) is 4.51. The van der Waals surface area contributed by atoms with Crippen LogP contribution in [0.15, 0.2) is 61.4 Å². The summed E-state index contributed by atoms with van der Waals surface area (Å²) in [5.41, 5.74) is 5.66. The van der Waals surface area contributed by atoms with Gasteiger partial charge in [0.25, 0.3) is 5.91 Å². The van der Waals surface area contributed by atoms with E-state index < -0.39 is 0 Å². The molecule has 0 unspecified atom stereocenters. The maximum atomic E-state index is 11.8. The second-order valence-corrected chi connectivity index (χ2v) is 5.93. The predicted octanol–water partition coefficient (Wildman–Crippen LogP) is 2.73. The highest BCUT2D eigenvalue weighted by Crippen LogP contribution is 2.31. The highest BCUT2D eigenvalue weighted by molar-refractivity contribution is 5.99. The van der Waals surface area contributed by atoms with E-state index in [9.17, 15) is 4.79 Å². The Morgan fingerprint density at radius 3 is 2.80 bits per heavy atom. The Labute approximate surface area is 143 Å². The molecule has 0 radical (unpaired) electrons. The smallest absolute Gasteiger partial charge is 0.251 e. The zero-order chi connectivity index (χ0) is 16.8. The summed E-state index contributed by atoms with van der Waals surface area (Å²) in [4.78, 5) is 24.5. The first kappa shape index (κ1) is 13.9. The van der Waals surface area contributed by atoms with Crippen LogP contribution in [0.4, 0.5) is 0 Å². The first-order chi connectivity index (χ1) is 12.3. The van der Waals surface area contributed by atoms with E-state index in [2.05, 4.69) is 26.5 Å². The molecule has 4 heterocycles. The second-order valence-electron chi connectivity index (χ2n) is 5.93. The Bertz CT molecular complexity index is 1120. The quantitative estimate of drug-likeness (QED) is 0.614. The summed E-state index contributed by atoms with van der Waals surface area (Å²) in [5, 5.41) is 3.83. The molecule has 0 spiro atoms. The maximum absolute atomic E-state index is 11.8. The molecule has 0 saturated heterocycles. The van der Waals surface area contributed by atoms with Crippen LogP contribution in [0, 0.1) is 0 Å². The van der Waals surface area contributed by atoms with Gasteiger partial charge in [-0.3, -0.25) is 9.78 Å². The molecule has 25 heavy (non-hydrogen) atoms. The normalized spacial score (nSPS) is 13.0. The fourth-order valence-corrected chi connectivity index (χ4v) is 3.29. The zero-order valence-corrected chi connectivity index (χ0v) is 13.2. The first-order valence-corrected chi connectivity index (χ1v) is 7.94. The van der Waals surface area contributed by atoms with Crippen LogP contribution < -0.4 is 5.32 Å². The number of fused-ring (bicyclic) bond motifs is 2. The van der Waals surface area contributed by atoms with Gasteiger partial charge in [-0.25, -0.2) is 9.97 Å². The summed E-state index contributed by atoms with van der Waals surface area (Å²) < 4.78 is 2.04. The Hall–Kier alpha value is -3.54. The third kappa shape index (κ3) is 2.11. The Balaban J connectivity index is 1.74. The number of benzene rings is 1. The molecule has 3 aromatic heterocycles. The van der Waals surface area contributed by atoms with Gasteiger partial charge in [-0.15, -0.1) is 0 Å². The van der Waals surface area contributed by atoms with Crippen molar-refractivity contribution in [2.75, 3.05) is 0 Å². The van der Waals surface area contributed by atoms with E-state index in [4.69, 9.17) is 0 Å². The van der Waals surface area contributed by atoms with E-state index in [0.717, 1.165) is 39.0 Å². The van der Waals surface area contributed by atoms with Crippen molar-refractivity contribution >= 4 is 16.9 Å². The molecule has 1 aromatic carbocycles. The molecule has 4 aromatic rings. The molecule has 1 aliphatic heterocycles. The number of carbonyl (C=O) groups is 1. The molecule has 1 N–H and O–H groups in total. The minimum atomic E-state index is -0.0151. The number of hydrogen-bond acceptors (Lipinski definition) is 4. The highest BCUT2D eigenvalue weighted by Gasteiger charge is 2.20. The van der Waals surface area contributed by atoms with Gasteiger partial charge in [0.05, 0.1) is 0 Å². The van der Waals surface area contributed by atoms with E-state index in [1.165, 1.54) is 0 Å². The van der Waals surface area contributed by atoms with Crippen LogP contribution in [0.5, 0.6) is 0 Å². The van der Waals surface area contributed by atoms with Crippen molar-refractivity contribution in [3.8, 4) is 16.8 Å². The minimum absolute atomic E-state index is 0.0151. The standard InChI is InChI=1S/C19H13N5O/c25-19-15-2-1-14(7-13(15)8-22-19)24-10-17(12-3-5-20-6-4-12)16-9-21-11-23-18(16)24/h1-7,9-11H,8H2,(H,22,25). The van der Waals surface area contributed by atoms with Crippen LogP contribution in [0.3, 0.4) is 0 Å². The van der Waals surface area contributed by atoms with E-state index >= 15 is 0 Å². The molecule has 0 bridgehead atoms. The molecule has 5 rings (SSSR count). The summed E-state index contributed by atoms with van der Waals surface area (Å²) in [6.07, 6.45) is 8.98. The number of aromatic nitrogens is 4. The van der Waals surface area contributed by atoms with Crippen LogP contribution in [-0.4, -0.2) is 25.4 Å². The molecule has 0 atom stereocenters. The molecule has 6 nitrogen and oxygen atoms in total. The number of amides is 1. The van der Waals surface area contributed by atoms with Gasteiger partial charge in [0, 0.05) is 53.5 Å². The lowest BCUT2D eigenvalue weighted by Gasteiger charge is -2.06. The third-order valence-corrected chi connectivity index (χ3v) is 4.51. The van der Waals surface area contributed by atoms with Crippen LogP contribution >= 0.6 is 0 Å². The average Bonchev–Trinajstić information content (AvgIpc) is 3.23. The average molecular weight is 327 g/mol. The molecule has 0 fully saturated rings. The molecule has 0 saturated carbocycles. The fraction of sp³-hybridized carbons (Fsp3) is 0.0526. The number of carbonyl (C=O) groups excluding carboxylic acids is 1. The minimum Gasteiger partial charge on any atom is -0.348 e. The number of nitrogens with one attached hydrogen (secondary N) is 1. The summed E-state index contributed by atoms with van der Waals surface area (Å²) in [6.45, 7) is 0.563. The Kier molecular flexibility index (Phi) is 2.90. The van der Waals surface area contributed by atoms with Gasteiger partial charge < -0.3 is 9.88 Å². The number of rotatable bonds is 2.